The van der Waals surface area contributed by atoms with Crippen LogP contribution in [0.25, 0.3) is 0 Å². The van der Waals surface area contributed by atoms with E-state index in [9.17, 15) is 4.79 Å². The minimum Gasteiger partial charge on any atom is -0.497 e. The number of rotatable bonds is 1. The van der Waals surface area contributed by atoms with Crippen LogP contribution in [0.2, 0.25) is 0 Å². The summed E-state index contributed by atoms with van der Waals surface area (Å²) in [5, 5.41) is 0. The molecule has 2 aliphatic carbocycles. The van der Waals surface area contributed by atoms with E-state index in [2.05, 4.69) is 0 Å². The van der Waals surface area contributed by atoms with Crippen molar-refractivity contribution in [1.82, 2.24) is 0 Å². The van der Waals surface area contributed by atoms with E-state index in [1.807, 2.05) is 31.2 Å². The van der Waals surface area contributed by atoms with E-state index in [4.69, 9.17) is 4.74 Å². The molecule has 0 aliphatic heterocycles. The summed E-state index contributed by atoms with van der Waals surface area (Å²) in [5.41, 5.74) is 0.822. The Balaban J connectivity index is 2.43. The maximum atomic E-state index is 11.7. The van der Waals surface area contributed by atoms with Gasteiger partial charge >= 0.3 is 0 Å². The molecule has 0 aromatic carbocycles. The zero-order chi connectivity index (χ0) is 10.2. The smallest absolute Gasteiger partial charge is 0.146 e. The van der Waals surface area contributed by atoms with Crippen molar-refractivity contribution in [2.45, 2.75) is 19.8 Å². The molecule has 0 spiro atoms. The van der Waals surface area contributed by atoms with Gasteiger partial charge in [0.1, 0.15) is 11.5 Å². The Kier molecular flexibility index (Phi) is 2.06. The van der Waals surface area contributed by atoms with E-state index in [0.717, 1.165) is 12.2 Å². The van der Waals surface area contributed by atoms with Crippen LogP contribution in [0.5, 0.6) is 0 Å². The third-order valence-electron chi connectivity index (χ3n) is 3.13. The largest absolute Gasteiger partial charge is 0.497 e. The van der Waals surface area contributed by atoms with E-state index in [-0.39, 0.29) is 5.41 Å². The molecular formula is C12H14O2. The molecule has 14 heavy (non-hydrogen) atoms. The van der Waals surface area contributed by atoms with Crippen molar-refractivity contribution in [1.29, 1.82) is 0 Å². The predicted octanol–water partition coefficient (Wildman–Crippen LogP) is 2.38. The van der Waals surface area contributed by atoms with Crippen LogP contribution in [0.4, 0.5) is 0 Å². The predicted molar refractivity (Wildman–Crippen MR) is 54.7 cm³/mol. The van der Waals surface area contributed by atoms with Gasteiger partial charge in [0.15, 0.2) is 0 Å². The number of allylic oxidation sites excluding steroid dienone is 5. The summed E-state index contributed by atoms with van der Waals surface area (Å²) in [6, 6.07) is 0. The SMILES string of the molecule is COC1=CC=C2CCC(=O)C2(C)C=C1. The van der Waals surface area contributed by atoms with Gasteiger partial charge in [0.2, 0.25) is 0 Å². The molecule has 2 rings (SSSR count). The Morgan fingerprint density at radius 2 is 2.14 bits per heavy atom. The van der Waals surface area contributed by atoms with Gasteiger partial charge in [-0.2, -0.15) is 0 Å². The van der Waals surface area contributed by atoms with E-state index in [1.54, 1.807) is 7.11 Å². The molecule has 1 unspecified atom stereocenters. The lowest BCUT2D eigenvalue weighted by atomic mass is 9.83. The second-order valence-corrected chi connectivity index (χ2v) is 3.92. The Morgan fingerprint density at radius 3 is 2.86 bits per heavy atom. The first-order chi connectivity index (χ1) is 6.66. The monoisotopic (exact) mass is 190 g/mol. The lowest BCUT2D eigenvalue weighted by Crippen LogP contribution is -2.20. The standard InChI is InChI=1S/C12H14O2/c1-12-8-7-10(14-2)5-3-9(12)4-6-11(12)13/h3,5,7-8H,4,6H2,1-2H3. The van der Waals surface area contributed by atoms with Crippen LogP contribution in [0, 0.1) is 5.41 Å². The maximum Gasteiger partial charge on any atom is 0.146 e. The summed E-state index contributed by atoms with van der Waals surface area (Å²) < 4.78 is 5.14. The molecule has 0 saturated heterocycles. The Hall–Kier alpha value is -1.31. The van der Waals surface area contributed by atoms with Crippen LogP contribution in [-0.4, -0.2) is 12.9 Å². The molecular weight excluding hydrogens is 176 g/mol. The number of ketones is 1. The number of ether oxygens (including phenoxy) is 1. The molecule has 2 aliphatic rings. The van der Waals surface area contributed by atoms with Gasteiger partial charge in [-0.25, -0.2) is 0 Å². The molecule has 2 nitrogen and oxygen atoms in total. The van der Waals surface area contributed by atoms with Gasteiger partial charge in [-0.05, 0) is 25.5 Å². The molecule has 0 bridgehead atoms. The molecule has 0 heterocycles. The Labute approximate surface area is 83.9 Å². The average Bonchev–Trinajstić information content (AvgIpc) is 2.37. The van der Waals surface area contributed by atoms with E-state index in [1.165, 1.54) is 5.57 Å². The van der Waals surface area contributed by atoms with Crippen molar-refractivity contribution >= 4 is 5.78 Å². The summed E-state index contributed by atoms with van der Waals surface area (Å²) in [7, 11) is 1.64. The number of hydrogen-bond acceptors (Lipinski definition) is 2. The second-order valence-electron chi connectivity index (χ2n) is 3.92. The lowest BCUT2D eigenvalue weighted by Gasteiger charge is -2.18. The highest BCUT2D eigenvalue weighted by atomic mass is 16.5. The van der Waals surface area contributed by atoms with Gasteiger partial charge in [0.25, 0.3) is 0 Å². The van der Waals surface area contributed by atoms with Gasteiger partial charge < -0.3 is 4.74 Å². The van der Waals surface area contributed by atoms with Crippen molar-refractivity contribution in [3.05, 3.63) is 35.6 Å². The fourth-order valence-electron chi connectivity index (χ4n) is 2.03. The Bertz CT molecular complexity index is 361. The van der Waals surface area contributed by atoms with E-state index in [0.29, 0.717) is 12.2 Å². The lowest BCUT2D eigenvalue weighted by molar-refractivity contribution is -0.122. The quantitative estimate of drug-likeness (QED) is 0.634. The fourth-order valence-corrected chi connectivity index (χ4v) is 2.03. The van der Waals surface area contributed by atoms with E-state index < -0.39 is 0 Å². The molecule has 74 valence electrons. The van der Waals surface area contributed by atoms with Gasteiger partial charge in [-0.1, -0.05) is 17.7 Å². The van der Waals surface area contributed by atoms with Crippen molar-refractivity contribution < 1.29 is 9.53 Å². The van der Waals surface area contributed by atoms with E-state index >= 15 is 0 Å². The molecule has 0 aromatic rings. The van der Waals surface area contributed by atoms with Gasteiger partial charge in [0, 0.05) is 6.42 Å². The number of hydrogen-bond donors (Lipinski definition) is 0. The third-order valence-corrected chi connectivity index (χ3v) is 3.13. The zero-order valence-electron chi connectivity index (χ0n) is 8.54. The third kappa shape index (κ3) is 1.22. The normalized spacial score (nSPS) is 30.6. The first-order valence-corrected chi connectivity index (χ1v) is 4.84. The minimum absolute atomic E-state index is 0.311. The first-order valence-electron chi connectivity index (χ1n) is 4.84. The summed E-state index contributed by atoms with van der Waals surface area (Å²) in [4.78, 5) is 11.7. The second kappa shape index (κ2) is 3.12. The van der Waals surface area contributed by atoms with Crippen LogP contribution < -0.4 is 0 Å². The highest BCUT2D eigenvalue weighted by Gasteiger charge is 2.39. The number of methoxy groups -OCH3 is 1. The zero-order valence-corrected chi connectivity index (χ0v) is 8.54. The maximum absolute atomic E-state index is 11.7. The number of carbonyl (C=O) groups excluding carboxylic acids is 1. The molecule has 1 saturated carbocycles. The van der Waals surface area contributed by atoms with Crippen molar-refractivity contribution in [3.63, 3.8) is 0 Å². The molecule has 0 aromatic heterocycles. The number of Topliss-reactive ketones (excluding diaryl/α,β-unsaturated/α-hetero) is 1. The fraction of sp³-hybridized carbons (Fsp3) is 0.417. The minimum atomic E-state index is -0.378. The van der Waals surface area contributed by atoms with Crippen LogP contribution in [0.15, 0.2) is 35.6 Å². The average molecular weight is 190 g/mol. The van der Waals surface area contributed by atoms with Crippen LogP contribution in [-0.2, 0) is 9.53 Å². The van der Waals surface area contributed by atoms with Crippen molar-refractivity contribution in [2.75, 3.05) is 7.11 Å². The number of carbonyl (C=O) groups is 1. The molecule has 1 atom stereocenters. The Morgan fingerprint density at radius 1 is 1.36 bits per heavy atom. The highest BCUT2D eigenvalue weighted by molar-refractivity contribution is 5.93. The molecule has 0 radical (unpaired) electrons. The number of fused-ring (bicyclic) bond motifs is 1. The molecule has 0 amide bonds. The molecule has 1 fully saturated rings. The van der Waals surface area contributed by atoms with Crippen LogP contribution in [0.1, 0.15) is 19.8 Å². The summed E-state index contributed by atoms with van der Waals surface area (Å²) >= 11 is 0. The van der Waals surface area contributed by atoms with Crippen LogP contribution in [0.3, 0.4) is 0 Å². The van der Waals surface area contributed by atoms with Gasteiger partial charge in [-0.3, -0.25) is 4.79 Å². The van der Waals surface area contributed by atoms with Gasteiger partial charge in [0.05, 0.1) is 12.5 Å². The summed E-state index contributed by atoms with van der Waals surface area (Å²) in [6.45, 7) is 1.98. The van der Waals surface area contributed by atoms with Gasteiger partial charge in [-0.15, -0.1) is 0 Å². The highest BCUT2D eigenvalue weighted by Crippen LogP contribution is 2.42. The first kappa shape index (κ1) is 9.25. The topological polar surface area (TPSA) is 26.3 Å². The molecule has 2 heteroatoms. The van der Waals surface area contributed by atoms with Crippen molar-refractivity contribution in [3.8, 4) is 0 Å². The summed E-state index contributed by atoms with van der Waals surface area (Å²) in [6.07, 6.45) is 9.33. The molecule has 0 N–H and O–H groups in total. The van der Waals surface area contributed by atoms with Crippen molar-refractivity contribution in [2.24, 2.45) is 5.41 Å². The summed E-state index contributed by atoms with van der Waals surface area (Å²) in [5.74, 6) is 1.12. The van der Waals surface area contributed by atoms with Crippen LogP contribution >= 0.6 is 0 Å².